The van der Waals surface area contributed by atoms with Crippen LogP contribution in [0.2, 0.25) is 0 Å². The van der Waals surface area contributed by atoms with Crippen LogP contribution in [0.15, 0.2) is 24.3 Å². The molecule has 0 heterocycles. The largest absolute Gasteiger partial charge is 0.468 e. The topological polar surface area (TPSA) is 157 Å². The number of ether oxygens (including phenoxy) is 2. The Bertz CT molecular complexity index is 957. The zero-order valence-electron chi connectivity index (χ0n) is 22.8. The van der Waals surface area contributed by atoms with Gasteiger partial charge < -0.3 is 30.7 Å². The summed E-state index contributed by atoms with van der Waals surface area (Å²) in [6.45, 7) is 10.2. The van der Waals surface area contributed by atoms with Gasteiger partial charge in [0.2, 0.25) is 17.7 Å². The highest BCUT2D eigenvalue weighted by Crippen LogP contribution is 2.27. The second kappa shape index (κ2) is 14.2. The summed E-state index contributed by atoms with van der Waals surface area (Å²) in [5.41, 5.74) is 5.95. The predicted octanol–water partition coefficient (Wildman–Crippen LogP) is 2.11. The summed E-state index contributed by atoms with van der Waals surface area (Å²) in [5.74, 6) is -2.50. The maximum atomic E-state index is 14.0. The van der Waals surface area contributed by atoms with Crippen LogP contribution in [0.3, 0.4) is 0 Å². The number of esters is 1. The SMILES string of the molecule is CCC(C)N(C(=O)C(CCC(N)=O)NC(=O)OC(C)(C)C)C(C(=O)NCC(=O)OC)c1ccc(C)cc1. The van der Waals surface area contributed by atoms with Crippen LogP contribution in [-0.4, -0.2) is 66.0 Å². The lowest BCUT2D eigenvalue weighted by Gasteiger charge is -2.38. The number of carbonyl (C=O) groups is 5. The van der Waals surface area contributed by atoms with E-state index in [1.807, 2.05) is 13.8 Å². The average molecular weight is 521 g/mol. The smallest absolute Gasteiger partial charge is 0.408 e. The third-order valence-corrected chi connectivity index (χ3v) is 5.54. The summed E-state index contributed by atoms with van der Waals surface area (Å²) in [7, 11) is 1.20. The Labute approximate surface area is 218 Å². The summed E-state index contributed by atoms with van der Waals surface area (Å²) in [5, 5.41) is 5.06. The van der Waals surface area contributed by atoms with Crippen molar-refractivity contribution < 1.29 is 33.4 Å². The highest BCUT2D eigenvalue weighted by molar-refractivity contribution is 5.93. The van der Waals surface area contributed by atoms with Gasteiger partial charge in [-0.1, -0.05) is 36.8 Å². The molecule has 11 nitrogen and oxygen atoms in total. The molecule has 0 spiro atoms. The third kappa shape index (κ3) is 10.5. The van der Waals surface area contributed by atoms with Crippen molar-refractivity contribution in [1.82, 2.24) is 15.5 Å². The third-order valence-electron chi connectivity index (χ3n) is 5.54. The van der Waals surface area contributed by atoms with Crippen molar-refractivity contribution in [3.63, 3.8) is 0 Å². The van der Waals surface area contributed by atoms with Crippen LogP contribution >= 0.6 is 0 Å². The Morgan fingerprint density at radius 2 is 1.68 bits per heavy atom. The Kier molecular flexibility index (Phi) is 12.0. The minimum Gasteiger partial charge on any atom is -0.468 e. The molecule has 0 aromatic heterocycles. The monoisotopic (exact) mass is 520 g/mol. The molecule has 206 valence electrons. The fraction of sp³-hybridized carbons (Fsp3) is 0.577. The van der Waals surface area contributed by atoms with Crippen LogP contribution < -0.4 is 16.4 Å². The van der Waals surface area contributed by atoms with Gasteiger partial charge in [0, 0.05) is 12.5 Å². The Morgan fingerprint density at radius 3 is 2.16 bits per heavy atom. The van der Waals surface area contributed by atoms with Crippen LogP contribution in [0.4, 0.5) is 4.79 Å². The maximum Gasteiger partial charge on any atom is 0.408 e. The van der Waals surface area contributed by atoms with Gasteiger partial charge >= 0.3 is 12.1 Å². The van der Waals surface area contributed by atoms with Crippen LogP contribution in [0, 0.1) is 6.92 Å². The molecule has 0 fully saturated rings. The van der Waals surface area contributed by atoms with Crippen LogP contribution in [0.25, 0.3) is 0 Å². The van der Waals surface area contributed by atoms with Gasteiger partial charge in [-0.05, 0) is 53.0 Å². The molecule has 37 heavy (non-hydrogen) atoms. The van der Waals surface area contributed by atoms with E-state index >= 15 is 0 Å². The molecule has 4 N–H and O–H groups in total. The Hall–Kier alpha value is -3.63. The summed E-state index contributed by atoms with van der Waals surface area (Å²) < 4.78 is 9.92. The van der Waals surface area contributed by atoms with E-state index in [1.54, 1.807) is 52.0 Å². The number of hydrogen-bond donors (Lipinski definition) is 3. The minimum atomic E-state index is -1.20. The van der Waals surface area contributed by atoms with Gasteiger partial charge in [-0.2, -0.15) is 0 Å². The van der Waals surface area contributed by atoms with Gasteiger partial charge in [-0.3, -0.25) is 19.2 Å². The van der Waals surface area contributed by atoms with Crippen molar-refractivity contribution in [2.75, 3.05) is 13.7 Å². The number of nitrogens with one attached hydrogen (secondary N) is 2. The number of benzene rings is 1. The number of carbonyl (C=O) groups excluding carboxylic acids is 5. The quantitative estimate of drug-likeness (QED) is 0.356. The number of primary amides is 1. The van der Waals surface area contributed by atoms with E-state index in [1.165, 1.54) is 12.0 Å². The standard InChI is InChI=1S/C26H40N4O7/c1-8-17(3)30(24(34)19(13-14-20(27)31)29-25(35)37-26(4,5)6)22(18-11-9-16(2)10-12-18)23(33)28-15-21(32)36-7/h9-12,17,19,22H,8,13-15H2,1-7H3,(H2,27,31)(H,28,33)(H,29,35). The molecule has 11 heteroatoms. The van der Waals surface area contributed by atoms with Gasteiger partial charge in [-0.25, -0.2) is 4.79 Å². The summed E-state index contributed by atoms with van der Waals surface area (Å²) >= 11 is 0. The van der Waals surface area contributed by atoms with Crippen molar-refractivity contribution in [1.29, 1.82) is 0 Å². The number of rotatable bonds is 12. The average Bonchev–Trinajstić information content (AvgIpc) is 2.81. The number of alkyl carbamates (subject to hydrolysis) is 1. The Morgan fingerprint density at radius 1 is 1.08 bits per heavy atom. The fourth-order valence-corrected chi connectivity index (χ4v) is 3.48. The van der Waals surface area contributed by atoms with Crippen LogP contribution in [-0.2, 0) is 28.7 Å². The lowest BCUT2D eigenvalue weighted by molar-refractivity contribution is -0.146. The normalized spacial score (nSPS) is 13.5. The molecule has 1 aromatic carbocycles. The zero-order chi connectivity index (χ0) is 28.3. The minimum absolute atomic E-state index is 0.0925. The molecule has 4 amide bonds. The summed E-state index contributed by atoms with van der Waals surface area (Å²) in [6, 6.07) is 4.26. The molecule has 3 atom stereocenters. The Balaban J connectivity index is 3.51. The molecule has 0 saturated heterocycles. The van der Waals surface area contributed by atoms with Crippen LogP contribution in [0.5, 0.6) is 0 Å². The van der Waals surface area contributed by atoms with Crippen molar-refractivity contribution >= 4 is 29.8 Å². The molecule has 3 unspecified atom stereocenters. The molecule has 1 rings (SSSR count). The van der Waals surface area contributed by atoms with E-state index in [9.17, 15) is 24.0 Å². The van der Waals surface area contributed by atoms with Gasteiger partial charge in [0.1, 0.15) is 24.2 Å². The predicted molar refractivity (Wildman–Crippen MR) is 137 cm³/mol. The van der Waals surface area contributed by atoms with Gasteiger partial charge in [0.15, 0.2) is 0 Å². The van der Waals surface area contributed by atoms with E-state index in [2.05, 4.69) is 15.4 Å². The lowest BCUT2D eigenvalue weighted by atomic mass is 9.98. The first-order valence-corrected chi connectivity index (χ1v) is 12.2. The summed E-state index contributed by atoms with van der Waals surface area (Å²) in [6.07, 6.45) is -0.635. The first-order valence-electron chi connectivity index (χ1n) is 12.2. The number of aryl methyl sites for hydroxylation is 1. The molecule has 0 aliphatic carbocycles. The summed E-state index contributed by atoms with van der Waals surface area (Å²) in [4.78, 5) is 64.5. The van der Waals surface area contributed by atoms with E-state index < -0.39 is 53.5 Å². The molecule has 0 aliphatic rings. The molecule has 0 bridgehead atoms. The lowest BCUT2D eigenvalue weighted by Crippen LogP contribution is -2.55. The van der Waals surface area contributed by atoms with E-state index in [0.717, 1.165) is 5.56 Å². The number of nitrogens with zero attached hydrogens (tertiary/aromatic N) is 1. The van der Waals surface area contributed by atoms with Crippen molar-refractivity contribution in [3.05, 3.63) is 35.4 Å². The van der Waals surface area contributed by atoms with E-state index in [4.69, 9.17) is 10.5 Å². The fourth-order valence-electron chi connectivity index (χ4n) is 3.48. The second-order valence-electron chi connectivity index (χ2n) is 9.81. The zero-order valence-corrected chi connectivity index (χ0v) is 22.8. The highest BCUT2D eigenvalue weighted by atomic mass is 16.6. The van der Waals surface area contributed by atoms with Crippen molar-refractivity contribution in [2.24, 2.45) is 5.73 Å². The van der Waals surface area contributed by atoms with Gasteiger partial charge in [0.05, 0.1) is 7.11 Å². The van der Waals surface area contributed by atoms with Crippen molar-refractivity contribution in [2.45, 2.75) is 84.5 Å². The first-order chi connectivity index (χ1) is 17.2. The second-order valence-corrected chi connectivity index (χ2v) is 9.81. The first kappa shape index (κ1) is 31.4. The molecule has 0 aliphatic heterocycles. The molecule has 1 aromatic rings. The van der Waals surface area contributed by atoms with Gasteiger partial charge in [-0.15, -0.1) is 0 Å². The van der Waals surface area contributed by atoms with Gasteiger partial charge in [0.25, 0.3) is 0 Å². The molecular formula is C26H40N4O7. The number of nitrogens with two attached hydrogens (primary N) is 1. The van der Waals surface area contributed by atoms with E-state index in [0.29, 0.717) is 12.0 Å². The molecular weight excluding hydrogens is 480 g/mol. The molecule has 0 radical (unpaired) electrons. The molecule has 0 saturated carbocycles. The van der Waals surface area contributed by atoms with E-state index in [-0.39, 0.29) is 19.4 Å². The van der Waals surface area contributed by atoms with Crippen molar-refractivity contribution in [3.8, 4) is 0 Å². The number of hydrogen-bond acceptors (Lipinski definition) is 7. The maximum absolute atomic E-state index is 14.0. The highest BCUT2D eigenvalue weighted by Gasteiger charge is 2.38. The van der Waals surface area contributed by atoms with Crippen LogP contribution in [0.1, 0.15) is 71.0 Å². The number of amides is 4. The number of methoxy groups -OCH3 is 1.